The summed E-state index contributed by atoms with van der Waals surface area (Å²) in [4.78, 5) is 0. The van der Waals surface area contributed by atoms with Gasteiger partial charge in [-0.2, -0.15) is 0 Å². The van der Waals surface area contributed by atoms with Gasteiger partial charge in [0.2, 0.25) is 0 Å². The average molecular weight is 202 g/mol. The van der Waals surface area contributed by atoms with E-state index in [1.54, 1.807) is 6.26 Å². The van der Waals surface area contributed by atoms with E-state index in [0.717, 1.165) is 24.5 Å². The largest absolute Gasteiger partial charge is 0.501 e. The van der Waals surface area contributed by atoms with E-state index in [1.807, 2.05) is 13.8 Å². The third kappa shape index (κ3) is 4.46. The molecular weight excluding hydrogens is 184 g/mol. The van der Waals surface area contributed by atoms with E-state index in [9.17, 15) is 4.21 Å². The van der Waals surface area contributed by atoms with Crippen molar-refractivity contribution in [1.29, 1.82) is 0 Å². The Labute approximate surface area is 82.8 Å². The highest BCUT2D eigenvalue weighted by Gasteiger charge is 2.18. The molecule has 1 aliphatic heterocycles. The van der Waals surface area contributed by atoms with Crippen molar-refractivity contribution in [3.8, 4) is 0 Å². The summed E-state index contributed by atoms with van der Waals surface area (Å²) in [6.45, 7) is 4.76. The lowest BCUT2D eigenvalue weighted by Gasteiger charge is -2.20. The van der Waals surface area contributed by atoms with Gasteiger partial charge in [0.15, 0.2) is 0 Å². The molecule has 0 amide bonds. The zero-order chi connectivity index (χ0) is 9.68. The van der Waals surface area contributed by atoms with Crippen LogP contribution in [0.2, 0.25) is 0 Å². The van der Waals surface area contributed by atoms with Crippen molar-refractivity contribution in [2.45, 2.75) is 26.7 Å². The van der Waals surface area contributed by atoms with E-state index in [2.05, 4.69) is 0 Å². The van der Waals surface area contributed by atoms with Crippen LogP contribution < -0.4 is 0 Å². The zero-order valence-electron chi connectivity index (χ0n) is 8.41. The Balaban J connectivity index is 2.21. The Bertz CT molecular complexity index is 207. The Morgan fingerprint density at radius 3 is 3.00 bits per heavy atom. The number of allylic oxidation sites excluding steroid dienone is 1. The molecule has 1 aliphatic rings. The molecule has 1 fully saturated rings. The van der Waals surface area contributed by atoms with Gasteiger partial charge in [-0.05, 0) is 32.3 Å². The first-order chi connectivity index (χ1) is 6.18. The first-order valence-corrected chi connectivity index (χ1v) is 6.27. The summed E-state index contributed by atoms with van der Waals surface area (Å²) in [5, 5.41) is 0. The predicted molar refractivity (Wildman–Crippen MR) is 56.0 cm³/mol. The molecule has 0 aromatic rings. The maximum absolute atomic E-state index is 11.2. The highest BCUT2D eigenvalue weighted by molar-refractivity contribution is 7.85. The molecule has 76 valence electrons. The molecule has 1 heterocycles. The fourth-order valence-electron chi connectivity index (χ4n) is 1.44. The molecule has 0 aromatic heterocycles. The monoisotopic (exact) mass is 202 g/mol. The first kappa shape index (κ1) is 10.8. The van der Waals surface area contributed by atoms with Crippen LogP contribution in [0.1, 0.15) is 26.7 Å². The second-order valence-electron chi connectivity index (χ2n) is 3.85. The minimum absolute atomic E-state index is 0.505. The molecule has 0 aliphatic carbocycles. The Morgan fingerprint density at radius 1 is 1.62 bits per heavy atom. The van der Waals surface area contributed by atoms with Crippen molar-refractivity contribution in [3.63, 3.8) is 0 Å². The van der Waals surface area contributed by atoms with Crippen LogP contribution in [0.5, 0.6) is 0 Å². The van der Waals surface area contributed by atoms with Gasteiger partial charge in [0.05, 0.1) is 12.9 Å². The third-order valence-electron chi connectivity index (χ3n) is 2.06. The molecule has 2 atom stereocenters. The third-order valence-corrected chi connectivity index (χ3v) is 3.64. The normalized spacial score (nSPS) is 28.2. The Morgan fingerprint density at radius 2 is 2.38 bits per heavy atom. The van der Waals surface area contributed by atoms with Crippen molar-refractivity contribution in [2.24, 2.45) is 5.92 Å². The maximum atomic E-state index is 11.2. The SMILES string of the molecule is CC(C)=COCC1CCCS(=O)C1. The van der Waals surface area contributed by atoms with Crippen LogP contribution in [0.3, 0.4) is 0 Å². The molecule has 0 bridgehead atoms. The molecule has 1 rings (SSSR count). The second kappa shape index (κ2) is 5.43. The van der Waals surface area contributed by atoms with Crippen molar-refractivity contribution < 1.29 is 8.95 Å². The molecule has 13 heavy (non-hydrogen) atoms. The van der Waals surface area contributed by atoms with E-state index < -0.39 is 10.8 Å². The smallest absolute Gasteiger partial charge is 0.0910 e. The molecule has 0 N–H and O–H groups in total. The molecule has 0 aromatic carbocycles. The number of hydrogen-bond acceptors (Lipinski definition) is 2. The Kier molecular flexibility index (Phi) is 4.50. The van der Waals surface area contributed by atoms with Crippen LogP contribution >= 0.6 is 0 Å². The maximum Gasteiger partial charge on any atom is 0.0910 e. The molecular formula is C10H18O2S. The van der Waals surface area contributed by atoms with Gasteiger partial charge in [0.1, 0.15) is 0 Å². The van der Waals surface area contributed by atoms with Crippen LogP contribution in [-0.2, 0) is 15.5 Å². The van der Waals surface area contributed by atoms with Crippen LogP contribution in [0, 0.1) is 5.92 Å². The van der Waals surface area contributed by atoms with Crippen LogP contribution in [-0.4, -0.2) is 22.3 Å². The molecule has 0 radical (unpaired) electrons. The van der Waals surface area contributed by atoms with Gasteiger partial charge in [-0.3, -0.25) is 4.21 Å². The highest BCUT2D eigenvalue weighted by Crippen LogP contribution is 2.16. The fraction of sp³-hybridized carbons (Fsp3) is 0.800. The van der Waals surface area contributed by atoms with E-state index in [0.29, 0.717) is 5.92 Å². The second-order valence-corrected chi connectivity index (χ2v) is 5.47. The van der Waals surface area contributed by atoms with Crippen LogP contribution in [0.25, 0.3) is 0 Å². The van der Waals surface area contributed by atoms with Gasteiger partial charge in [0.25, 0.3) is 0 Å². The van der Waals surface area contributed by atoms with Gasteiger partial charge in [-0.25, -0.2) is 0 Å². The number of rotatable bonds is 3. The Hall–Kier alpha value is -0.310. The van der Waals surface area contributed by atoms with Gasteiger partial charge in [-0.15, -0.1) is 0 Å². The standard InChI is InChI=1S/C10H18O2S/c1-9(2)6-12-7-10-4-3-5-13(11)8-10/h6,10H,3-5,7-8H2,1-2H3. The van der Waals surface area contributed by atoms with Gasteiger partial charge >= 0.3 is 0 Å². The van der Waals surface area contributed by atoms with E-state index >= 15 is 0 Å². The fourth-order valence-corrected chi connectivity index (χ4v) is 2.89. The number of hydrogen-bond donors (Lipinski definition) is 0. The van der Waals surface area contributed by atoms with Crippen LogP contribution in [0.4, 0.5) is 0 Å². The van der Waals surface area contributed by atoms with Crippen molar-refractivity contribution in [3.05, 3.63) is 11.8 Å². The minimum Gasteiger partial charge on any atom is -0.501 e. The summed E-state index contributed by atoms with van der Waals surface area (Å²) in [7, 11) is -0.585. The van der Waals surface area contributed by atoms with Gasteiger partial charge in [-0.1, -0.05) is 0 Å². The van der Waals surface area contributed by atoms with E-state index in [1.165, 1.54) is 12.0 Å². The van der Waals surface area contributed by atoms with Gasteiger partial charge < -0.3 is 4.74 Å². The number of ether oxygens (including phenoxy) is 1. The summed E-state index contributed by atoms with van der Waals surface area (Å²) in [6, 6.07) is 0. The zero-order valence-corrected chi connectivity index (χ0v) is 9.23. The summed E-state index contributed by atoms with van der Waals surface area (Å²) in [5.41, 5.74) is 1.18. The van der Waals surface area contributed by atoms with Crippen molar-refractivity contribution >= 4 is 10.8 Å². The van der Waals surface area contributed by atoms with Crippen molar-refractivity contribution in [1.82, 2.24) is 0 Å². The lowest BCUT2D eigenvalue weighted by atomic mass is 10.1. The molecule has 0 saturated carbocycles. The molecule has 3 heteroatoms. The average Bonchev–Trinajstić information content (AvgIpc) is 2.03. The topological polar surface area (TPSA) is 26.3 Å². The lowest BCUT2D eigenvalue weighted by Crippen LogP contribution is -2.23. The lowest BCUT2D eigenvalue weighted by molar-refractivity contribution is 0.195. The summed E-state index contributed by atoms with van der Waals surface area (Å²) >= 11 is 0. The summed E-state index contributed by atoms with van der Waals surface area (Å²) in [5.74, 6) is 2.22. The molecule has 2 unspecified atom stereocenters. The quantitative estimate of drug-likeness (QED) is 0.655. The van der Waals surface area contributed by atoms with E-state index in [-0.39, 0.29) is 0 Å². The van der Waals surface area contributed by atoms with Gasteiger partial charge in [0, 0.05) is 28.2 Å². The summed E-state index contributed by atoms with van der Waals surface area (Å²) in [6.07, 6.45) is 4.05. The molecule has 2 nitrogen and oxygen atoms in total. The molecule has 0 spiro atoms. The van der Waals surface area contributed by atoms with E-state index in [4.69, 9.17) is 4.74 Å². The van der Waals surface area contributed by atoms with Crippen LogP contribution in [0.15, 0.2) is 11.8 Å². The molecule has 1 saturated heterocycles. The summed E-state index contributed by atoms with van der Waals surface area (Å²) < 4.78 is 16.6. The minimum atomic E-state index is -0.585. The first-order valence-electron chi connectivity index (χ1n) is 4.78. The van der Waals surface area contributed by atoms with Crippen molar-refractivity contribution in [2.75, 3.05) is 18.1 Å². The predicted octanol–water partition coefficient (Wildman–Crippen LogP) is 2.09. The highest BCUT2D eigenvalue weighted by atomic mass is 32.2.